The van der Waals surface area contributed by atoms with E-state index in [1.165, 1.54) is 12.8 Å². The summed E-state index contributed by atoms with van der Waals surface area (Å²) in [6.45, 7) is -1.62. The van der Waals surface area contributed by atoms with Crippen molar-refractivity contribution in [3.8, 4) is 5.75 Å². The molecule has 1 atom stereocenters. The summed E-state index contributed by atoms with van der Waals surface area (Å²) < 4.78 is 29.2. The molecule has 1 aliphatic carbocycles. The van der Waals surface area contributed by atoms with Crippen molar-refractivity contribution < 1.29 is 13.5 Å². The largest absolute Gasteiger partial charge is 0.434 e. The molecule has 0 saturated heterocycles. The third-order valence-electron chi connectivity index (χ3n) is 3.58. The molecule has 0 radical (unpaired) electrons. The Morgan fingerprint density at radius 3 is 2.55 bits per heavy atom. The van der Waals surface area contributed by atoms with E-state index in [1.54, 1.807) is 12.1 Å². The second kappa shape index (κ2) is 7.76. The van der Waals surface area contributed by atoms with E-state index in [1.807, 2.05) is 19.2 Å². The molecule has 2 N–H and O–H groups in total. The predicted molar refractivity (Wildman–Crippen MR) is 77.4 cm³/mol. The molecule has 2 rings (SSSR count). The van der Waals surface area contributed by atoms with E-state index >= 15 is 0 Å². The van der Waals surface area contributed by atoms with Crippen molar-refractivity contribution >= 4 is 12.4 Å². The maximum Gasteiger partial charge on any atom is 0.387 e. The Bertz CT molecular complexity index is 416. The van der Waals surface area contributed by atoms with Crippen LogP contribution in [0.2, 0.25) is 0 Å². The van der Waals surface area contributed by atoms with E-state index in [0.717, 1.165) is 5.56 Å². The molecule has 1 saturated carbocycles. The van der Waals surface area contributed by atoms with Gasteiger partial charge in [-0.05, 0) is 31.9 Å². The molecule has 0 heterocycles. The summed E-state index contributed by atoms with van der Waals surface area (Å²) in [6, 6.07) is 7.23. The van der Waals surface area contributed by atoms with Crippen molar-refractivity contribution in [1.29, 1.82) is 0 Å². The Labute approximate surface area is 124 Å². The molecular weight excluding hydrogens is 286 g/mol. The lowest BCUT2D eigenvalue weighted by atomic mass is 10.1. The highest BCUT2D eigenvalue weighted by atomic mass is 35.5. The molecule has 6 heteroatoms. The molecule has 20 heavy (non-hydrogen) atoms. The minimum Gasteiger partial charge on any atom is -0.434 e. The number of benzene rings is 1. The molecular formula is C14H21ClF2N2O. The third-order valence-corrected chi connectivity index (χ3v) is 3.58. The molecule has 1 unspecified atom stereocenters. The number of rotatable bonds is 7. The Morgan fingerprint density at radius 2 is 2.00 bits per heavy atom. The topological polar surface area (TPSA) is 38.5 Å². The van der Waals surface area contributed by atoms with Crippen LogP contribution in [0.25, 0.3) is 0 Å². The van der Waals surface area contributed by atoms with E-state index in [0.29, 0.717) is 25.0 Å². The molecule has 1 fully saturated rings. The smallest absolute Gasteiger partial charge is 0.387 e. The van der Waals surface area contributed by atoms with E-state index < -0.39 is 6.61 Å². The zero-order valence-electron chi connectivity index (χ0n) is 11.5. The zero-order valence-corrected chi connectivity index (χ0v) is 12.3. The molecule has 0 spiro atoms. The summed E-state index contributed by atoms with van der Waals surface area (Å²) in [5.41, 5.74) is 6.56. The Morgan fingerprint density at radius 1 is 1.35 bits per heavy atom. The van der Waals surface area contributed by atoms with E-state index in [2.05, 4.69) is 9.64 Å². The summed E-state index contributed by atoms with van der Waals surface area (Å²) in [5.74, 6) is 0.897. The molecule has 0 amide bonds. The fourth-order valence-electron chi connectivity index (χ4n) is 2.44. The lowest BCUT2D eigenvalue weighted by Gasteiger charge is -2.27. The van der Waals surface area contributed by atoms with Crippen molar-refractivity contribution in [3.05, 3.63) is 29.8 Å². The van der Waals surface area contributed by atoms with Crippen LogP contribution in [0.4, 0.5) is 8.78 Å². The van der Waals surface area contributed by atoms with Gasteiger partial charge >= 0.3 is 6.61 Å². The number of ether oxygens (including phenoxy) is 1. The first-order valence-corrected chi connectivity index (χ1v) is 6.55. The highest BCUT2D eigenvalue weighted by Gasteiger charge is 2.32. The van der Waals surface area contributed by atoms with Crippen LogP contribution in [0.15, 0.2) is 24.3 Å². The molecule has 114 valence electrons. The van der Waals surface area contributed by atoms with Gasteiger partial charge in [-0.3, -0.25) is 4.90 Å². The lowest BCUT2D eigenvalue weighted by molar-refractivity contribution is -0.0508. The highest BCUT2D eigenvalue weighted by Crippen LogP contribution is 2.35. The van der Waals surface area contributed by atoms with Gasteiger partial charge in [-0.25, -0.2) is 0 Å². The zero-order chi connectivity index (χ0) is 13.8. The second-order valence-corrected chi connectivity index (χ2v) is 5.04. The molecule has 1 aliphatic rings. The number of halogens is 3. The van der Waals surface area contributed by atoms with Gasteiger partial charge in [0.2, 0.25) is 0 Å². The summed E-state index contributed by atoms with van der Waals surface area (Å²) in [4.78, 5) is 2.13. The molecule has 0 aromatic heterocycles. The molecule has 0 aliphatic heterocycles. The average Bonchev–Trinajstić information content (AvgIpc) is 3.16. The molecule has 1 aromatic carbocycles. The van der Waals surface area contributed by atoms with E-state index in [-0.39, 0.29) is 18.2 Å². The van der Waals surface area contributed by atoms with E-state index in [4.69, 9.17) is 5.73 Å². The summed E-state index contributed by atoms with van der Waals surface area (Å²) >= 11 is 0. The van der Waals surface area contributed by atoms with Crippen molar-refractivity contribution in [2.24, 2.45) is 11.7 Å². The van der Waals surface area contributed by atoms with Gasteiger partial charge in [-0.15, -0.1) is 12.4 Å². The first-order valence-electron chi connectivity index (χ1n) is 6.55. The predicted octanol–water partition coefficient (Wildman–Crippen LogP) is 2.88. The minimum absolute atomic E-state index is 0. The van der Waals surface area contributed by atoms with Crippen LogP contribution in [0.5, 0.6) is 5.75 Å². The van der Waals surface area contributed by atoms with Crippen LogP contribution in [-0.2, 0) is 6.54 Å². The molecule has 1 aromatic rings. The molecule has 0 bridgehead atoms. The normalized spacial score (nSPS) is 16.1. The number of likely N-dealkylation sites (N-methyl/N-ethyl adjacent to an activating group) is 1. The average molecular weight is 307 g/mol. The summed E-state index contributed by atoms with van der Waals surface area (Å²) in [6.07, 6.45) is 2.42. The fourth-order valence-corrected chi connectivity index (χ4v) is 2.44. The van der Waals surface area contributed by atoms with Crippen LogP contribution >= 0.6 is 12.4 Å². The van der Waals surface area contributed by atoms with Gasteiger partial charge in [0.1, 0.15) is 5.75 Å². The number of hydrogen-bond donors (Lipinski definition) is 1. The number of para-hydroxylation sites is 1. The quantitative estimate of drug-likeness (QED) is 0.842. The number of alkyl halides is 2. The van der Waals surface area contributed by atoms with Crippen molar-refractivity contribution in [1.82, 2.24) is 4.90 Å². The van der Waals surface area contributed by atoms with Gasteiger partial charge in [0, 0.05) is 24.7 Å². The van der Waals surface area contributed by atoms with Crippen LogP contribution in [0.1, 0.15) is 18.4 Å². The minimum atomic E-state index is -2.79. The highest BCUT2D eigenvalue weighted by molar-refractivity contribution is 5.85. The van der Waals surface area contributed by atoms with Gasteiger partial charge in [0.25, 0.3) is 0 Å². The van der Waals surface area contributed by atoms with Crippen molar-refractivity contribution in [2.75, 3.05) is 13.6 Å². The van der Waals surface area contributed by atoms with Crippen LogP contribution in [-0.4, -0.2) is 31.1 Å². The first kappa shape index (κ1) is 17.1. The standard InChI is InChI=1S/C14H20F2N2O.ClH/c1-18(12(8-17)10-6-7-10)9-11-4-2-3-5-13(11)19-14(15)16;/h2-5,10,12,14H,6-9,17H2,1H3;1H. The number of nitrogens with zero attached hydrogens (tertiary/aromatic N) is 1. The van der Waals surface area contributed by atoms with Gasteiger partial charge < -0.3 is 10.5 Å². The fraction of sp³-hybridized carbons (Fsp3) is 0.571. The van der Waals surface area contributed by atoms with Crippen molar-refractivity contribution in [2.45, 2.75) is 32.0 Å². The summed E-state index contributed by atoms with van der Waals surface area (Å²) in [5, 5.41) is 0. The first-order chi connectivity index (χ1) is 9.11. The molecule has 3 nitrogen and oxygen atoms in total. The van der Waals surface area contributed by atoms with Crippen LogP contribution in [0.3, 0.4) is 0 Å². The number of hydrogen-bond acceptors (Lipinski definition) is 3. The maximum atomic E-state index is 12.3. The van der Waals surface area contributed by atoms with Crippen LogP contribution in [0, 0.1) is 5.92 Å². The Kier molecular flexibility index (Phi) is 6.65. The van der Waals surface area contributed by atoms with Gasteiger partial charge in [0.15, 0.2) is 0 Å². The van der Waals surface area contributed by atoms with E-state index in [9.17, 15) is 8.78 Å². The SMILES string of the molecule is CN(Cc1ccccc1OC(F)F)C(CN)C1CC1.Cl. The second-order valence-electron chi connectivity index (χ2n) is 5.04. The maximum absolute atomic E-state index is 12.3. The summed E-state index contributed by atoms with van der Waals surface area (Å²) in [7, 11) is 1.98. The monoisotopic (exact) mass is 306 g/mol. The number of nitrogens with two attached hydrogens (primary N) is 1. The van der Waals surface area contributed by atoms with Gasteiger partial charge in [-0.2, -0.15) is 8.78 Å². The van der Waals surface area contributed by atoms with Crippen LogP contribution < -0.4 is 10.5 Å². The van der Waals surface area contributed by atoms with Crippen molar-refractivity contribution in [3.63, 3.8) is 0 Å². The van der Waals surface area contributed by atoms with Gasteiger partial charge in [0.05, 0.1) is 0 Å². The Hall–Kier alpha value is -0.910. The van der Waals surface area contributed by atoms with Gasteiger partial charge in [-0.1, -0.05) is 18.2 Å². The third kappa shape index (κ3) is 4.58. The Balaban J connectivity index is 0.00000200. The lowest BCUT2D eigenvalue weighted by Crippen LogP contribution is -2.39.